The second-order valence-electron chi connectivity index (χ2n) is 7.52. The molecule has 178 valence electrons. The van der Waals surface area contributed by atoms with Crippen molar-refractivity contribution >= 4 is 28.6 Å². The summed E-state index contributed by atoms with van der Waals surface area (Å²) < 4.78 is 31.0. The fraction of sp³-hybridized carbons (Fsp3) is 0.375. The number of rotatable bonds is 11. The van der Waals surface area contributed by atoms with Crippen molar-refractivity contribution in [1.82, 2.24) is 10.6 Å². The molecule has 0 aliphatic heterocycles. The number of carbonyl (C=O) groups excluding carboxylic acids is 1. The molecule has 0 saturated heterocycles. The van der Waals surface area contributed by atoms with Gasteiger partial charge < -0.3 is 19.3 Å². The Hall–Kier alpha value is -2.57. The minimum absolute atomic E-state index is 0.0205. The van der Waals surface area contributed by atoms with Gasteiger partial charge in [-0.3, -0.25) is 10.1 Å². The van der Waals surface area contributed by atoms with E-state index in [2.05, 4.69) is 22.5 Å². The molecule has 0 heterocycles. The Morgan fingerprint density at radius 3 is 2.55 bits per heavy atom. The molecule has 0 aliphatic carbocycles. The summed E-state index contributed by atoms with van der Waals surface area (Å²) >= 11 is 3.86. The van der Waals surface area contributed by atoms with E-state index in [0.717, 1.165) is 11.1 Å². The number of nitrogens with one attached hydrogen (secondary N) is 2. The summed E-state index contributed by atoms with van der Waals surface area (Å²) in [6.07, 6.45) is 0.593. The fourth-order valence-corrected chi connectivity index (χ4v) is 3.45. The third-order valence-corrected chi connectivity index (χ3v) is 5.36. The zero-order chi connectivity index (χ0) is 24.2. The smallest absolute Gasteiger partial charge is 0.237 e. The van der Waals surface area contributed by atoms with E-state index in [-0.39, 0.29) is 24.3 Å². The van der Waals surface area contributed by atoms with Crippen LogP contribution < -0.4 is 20.1 Å². The SMILES string of the molecule is COc1cc(CCNC(=O)[C@@H](NCS(=O)O)C(C)C)ccc1OCC#Cc1ccc(Cl)cc1. The number of amides is 1. The van der Waals surface area contributed by atoms with Gasteiger partial charge in [0.05, 0.1) is 19.0 Å². The van der Waals surface area contributed by atoms with Crippen LogP contribution in [0.5, 0.6) is 11.5 Å². The van der Waals surface area contributed by atoms with E-state index in [4.69, 9.17) is 25.6 Å². The molecule has 1 unspecified atom stereocenters. The molecule has 0 fully saturated rings. The zero-order valence-electron chi connectivity index (χ0n) is 18.9. The van der Waals surface area contributed by atoms with E-state index in [9.17, 15) is 9.00 Å². The molecule has 2 rings (SSSR count). The average Bonchev–Trinajstić information content (AvgIpc) is 2.78. The Kier molecular flexibility index (Phi) is 11.2. The summed E-state index contributed by atoms with van der Waals surface area (Å²) in [5.74, 6) is 6.75. The molecule has 2 atom stereocenters. The van der Waals surface area contributed by atoms with Crippen molar-refractivity contribution in [2.45, 2.75) is 26.3 Å². The van der Waals surface area contributed by atoms with Crippen molar-refractivity contribution < 1.29 is 23.0 Å². The Bertz CT molecular complexity index is 1000. The van der Waals surface area contributed by atoms with Crippen LogP contribution >= 0.6 is 11.6 Å². The van der Waals surface area contributed by atoms with Crippen LogP contribution in [0.2, 0.25) is 5.02 Å². The third-order valence-electron chi connectivity index (χ3n) is 4.69. The first-order valence-corrected chi connectivity index (χ1v) is 12.1. The second kappa shape index (κ2) is 13.9. The summed E-state index contributed by atoms with van der Waals surface area (Å²) in [7, 11) is 1.57. The lowest BCUT2D eigenvalue weighted by Crippen LogP contribution is -2.48. The minimum atomic E-state index is -2.00. The number of carbonyl (C=O) groups is 1. The number of hydrogen-bond donors (Lipinski definition) is 3. The van der Waals surface area contributed by atoms with E-state index < -0.39 is 17.1 Å². The van der Waals surface area contributed by atoms with E-state index in [1.165, 1.54) is 0 Å². The van der Waals surface area contributed by atoms with Gasteiger partial charge in [0.1, 0.15) is 6.61 Å². The maximum atomic E-state index is 12.4. The van der Waals surface area contributed by atoms with Crippen LogP contribution in [0.4, 0.5) is 0 Å². The Labute approximate surface area is 202 Å². The highest BCUT2D eigenvalue weighted by atomic mass is 35.5. The lowest BCUT2D eigenvalue weighted by molar-refractivity contribution is -0.124. The molecule has 2 aromatic carbocycles. The first-order chi connectivity index (χ1) is 15.8. The minimum Gasteiger partial charge on any atom is -0.493 e. The summed E-state index contributed by atoms with van der Waals surface area (Å²) in [6.45, 7) is 4.38. The monoisotopic (exact) mass is 492 g/mol. The van der Waals surface area contributed by atoms with Gasteiger partial charge in [0, 0.05) is 17.1 Å². The van der Waals surface area contributed by atoms with Gasteiger partial charge in [-0.1, -0.05) is 43.4 Å². The predicted molar refractivity (Wildman–Crippen MR) is 131 cm³/mol. The lowest BCUT2D eigenvalue weighted by Gasteiger charge is -2.21. The average molecular weight is 493 g/mol. The second-order valence-corrected chi connectivity index (χ2v) is 8.88. The van der Waals surface area contributed by atoms with Gasteiger partial charge in [0.2, 0.25) is 5.91 Å². The largest absolute Gasteiger partial charge is 0.493 e. The highest BCUT2D eigenvalue weighted by molar-refractivity contribution is 7.79. The van der Waals surface area contributed by atoms with Crippen LogP contribution in [0.25, 0.3) is 0 Å². The van der Waals surface area contributed by atoms with Gasteiger partial charge in [-0.25, -0.2) is 4.21 Å². The zero-order valence-corrected chi connectivity index (χ0v) is 20.5. The van der Waals surface area contributed by atoms with Gasteiger partial charge in [-0.15, -0.1) is 0 Å². The predicted octanol–water partition coefficient (Wildman–Crippen LogP) is 3.23. The maximum Gasteiger partial charge on any atom is 0.237 e. The molecule has 1 amide bonds. The molecule has 0 saturated carbocycles. The van der Waals surface area contributed by atoms with Crippen molar-refractivity contribution in [3.05, 3.63) is 58.6 Å². The van der Waals surface area contributed by atoms with E-state index in [0.29, 0.717) is 29.5 Å². The molecule has 0 aliphatic rings. The standard InChI is InChI=1S/C24H29ClN2O5S/c1-17(2)23(27-16-33(29)30)24(28)26-13-12-19-8-11-21(22(15-19)31-3)32-14-4-5-18-6-9-20(25)10-7-18/h6-11,15,17,23,27H,12-14,16H2,1-3H3,(H,26,28)(H,29,30)/t23-/m0/s1. The molecule has 2 aromatic rings. The maximum absolute atomic E-state index is 12.4. The molecule has 3 N–H and O–H groups in total. The highest BCUT2D eigenvalue weighted by Crippen LogP contribution is 2.28. The number of ether oxygens (including phenoxy) is 2. The molecule has 7 nitrogen and oxygen atoms in total. The number of hydrogen-bond acceptors (Lipinski definition) is 5. The van der Waals surface area contributed by atoms with Crippen LogP contribution in [-0.4, -0.2) is 46.8 Å². The van der Waals surface area contributed by atoms with Crippen LogP contribution in [0.3, 0.4) is 0 Å². The van der Waals surface area contributed by atoms with Crippen LogP contribution in [0.1, 0.15) is 25.0 Å². The number of halogens is 1. The topological polar surface area (TPSA) is 96.9 Å². The fourth-order valence-electron chi connectivity index (χ4n) is 3.00. The molecule has 0 bridgehead atoms. The Balaban J connectivity index is 1.87. The van der Waals surface area contributed by atoms with E-state index >= 15 is 0 Å². The van der Waals surface area contributed by atoms with Crippen molar-refractivity contribution in [1.29, 1.82) is 0 Å². The van der Waals surface area contributed by atoms with Crippen molar-refractivity contribution in [3.63, 3.8) is 0 Å². The first-order valence-electron chi connectivity index (χ1n) is 10.4. The Morgan fingerprint density at radius 2 is 1.91 bits per heavy atom. The number of benzene rings is 2. The molecule has 0 spiro atoms. The quantitative estimate of drug-likeness (QED) is 0.329. The van der Waals surface area contributed by atoms with Crippen LogP contribution in [0.15, 0.2) is 42.5 Å². The summed E-state index contributed by atoms with van der Waals surface area (Å²) in [6, 6.07) is 12.3. The van der Waals surface area contributed by atoms with E-state index in [1.807, 2.05) is 44.2 Å². The number of methoxy groups -OCH3 is 1. The van der Waals surface area contributed by atoms with Gasteiger partial charge in [0.15, 0.2) is 22.6 Å². The van der Waals surface area contributed by atoms with Crippen LogP contribution in [0, 0.1) is 17.8 Å². The normalized spacial score (nSPS) is 12.4. The van der Waals surface area contributed by atoms with Gasteiger partial charge in [-0.05, 0) is 54.3 Å². The molecule has 33 heavy (non-hydrogen) atoms. The third kappa shape index (κ3) is 9.44. The summed E-state index contributed by atoms with van der Waals surface area (Å²) in [5, 5.41) is 6.35. The van der Waals surface area contributed by atoms with Gasteiger partial charge in [0.25, 0.3) is 0 Å². The van der Waals surface area contributed by atoms with Gasteiger partial charge >= 0.3 is 0 Å². The summed E-state index contributed by atoms with van der Waals surface area (Å²) in [4.78, 5) is 12.4. The Morgan fingerprint density at radius 1 is 1.18 bits per heavy atom. The van der Waals surface area contributed by atoms with Crippen LogP contribution in [-0.2, 0) is 22.3 Å². The highest BCUT2D eigenvalue weighted by Gasteiger charge is 2.21. The molecule has 9 heteroatoms. The lowest BCUT2D eigenvalue weighted by atomic mass is 10.0. The van der Waals surface area contributed by atoms with Crippen molar-refractivity contribution in [2.75, 3.05) is 26.1 Å². The molecular formula is C24H29ClN2O5S. The van der Waals surface area contributed by atoms with Gasteiger partial charge in [-0.2, -0.15) is 0 Å². The van der Waals surface area contributed by atoms with Crippen molar-refractivity contribution in [3.8, 4) is 23.3 Å². The van der Waals surface area contributed by atoms with E-state index in [1.54, 1.807) is 19.2 Å². The molecule has 0 aromatic heterocycles. The summed E-state index contributed by atoms with van der Waals surface area (Å²) in [5.41, 5.74) is 1.82. The molecular weight excluding hydrogens is 464 g/mol. The first kappa shape index (κ1) is 26.7. The molecule has 0 radical (unpaired) electrons. The van der Waals surface area contributed by atoms with Crippen molar-refractivity contribution in [2.24, 2.45) is 5.92 Å².